The molecule has 18 heavy (non-hydrogen) atoms. The van der Waals surface area contributed by atoms with Crippen molar-refractivity contribution in [1.82, 2.24) is 15.1 Å². The van der Waals surface area contributed by atoms with E-state index in [0.29, 0.717) is 6.04 Å². The molecule has 3 heteroatoms. The molecule has 0 aromatic carbocycles. The van der Waals surface area contributed by atoms with Gasteiger partial charge in [-0.1, -0.05) is 26.7 Å². The second-order valence-corrected chi connectivity index (χ2v) is 5.77. The third-order valence-corrected chi connectivity index (χ3v) is 3.66. The molecule has 0 radical (unpaired) electrons. The molecule has 1 unspecified atom stereocenters. The summed E-state index contributed by atoms with van der Waals surface area (Å²) in [6.07, 6.45) is 3.92. The van der Waals surface area contributed by atoms with E-state index in [1.165, 1.54) is 30.5 Å². The molecule has 1 rings (SSSR count). The largest absolute Gasteiger partial charge is 0.310 e. The SMILES string of the molecule is Cc1nn(C)c(C)c1C(C)NCCCCC(C)C. The molecule has 0 amide bonds. The Morgan fingerprint density at radius 1 is 1.17 bits per heavy atom. The maximum atomic E-state index is 4.48. The van der Waals surface area contributed by atoms with E-state index >= 15 is 0 Å². The molecular weight excluding hydrogens is 222 g/mol. The molecule has 1 heterocycles. The Morgan fingerprint density at radius 3 is 2.33 bits per heavy atom. The van der Waals surface area contributed by atoms with Gasteiger partial charge in [-0.2, -0.15) is 5.10 Å². The Hall–Kier alpha value is -0.830. The number of hydrogen-bond donors (Lipinski definition) is 1. The Bertz CT molecular complexity index is 366. The van der Waals surface area contributed by atoms with Crippen molar-refractivity contribution in [3.63, 3.8) is 0 Å². The fourth-order valence-electron chi connectivity index (χ4n) is 2.51. The van der Waals surface area contributed by atoms with E-state index in [0.717, 1.165) is 18.2 Å². The van der Waals surface area contributed by atoms with Gasteiger partial charge >= 0.3 is 0 Å². The van der Waals surface area contributed by atoms with Crippen LogP contribution in [0.15, 0.2) is 0 Å². The summed E-state index contributed by atoms with van der Waals surface area (Å²) in [5.41, 5.74) is 3.79. The van der Waals surface area contributed by atoms with E-state index in [1.54, 1.807) is 0 Å². The number of rotatable bonds is 7. The second kappa shape index (κ2) is 6.93. The summed E-state index contributed by atoms with van der Waals surface area (Å²) in [7, 11) is 2.02. The smallest absolute Gasteiger partial charge is 0.0644 e. The van der Waals surface area contributed by atoms with Crippen LogP contribution in [-0.2, 0) is 7.05 Å². The van der Waals surface area contributed by atoms with Gasteiger partial charge in [0, 0.05) is 24.3 Å². The fraction of sp³-hybridized carbons (Fsp3) is 0.800. The zero-order valence-corrected chi connectivity index (χ0v) is 12.9. The number of aromatic nitrogens is 2. The van der Waals surface area contributed by atoms with Gasteiger partial charge in [0.2, 0.25) is 0 Å². The third kappa shape index (κ3) is 4.13. The Morgan fingerprint density at radius 2 is 1.83 bits per heavy atom. The van der Waals surface area contributed by atoms with Crippen molar-refractivity contribution in [3.8, 4) is 0 Å². The molecule has 0 spiro atoms. The molecular formula is C15H29N3. The number of aryl methyl sites for hydroxylation is 2. The van der Waals surface area contributed by atoms with Gasteiger partial charge < -0.3 is 5.32 Å². The molecule has 0 aliphatic heterocycles. The fourth-order valence-corrected chi connectivity index (χ4v) is 2.51. The summed E-state index contributed by atoms with van der Waals surface area (Å²) in [5.74, 6) is 0.824. The van der Waals surface area contributed by atoms with Gasteiger partial charge in [-0.05, 0) is 39.7 Å². The molecule has 0 aliphatic carbocycles. The minimum absolute atomic E-state index is 0.401. The van der Waals surface area contributed by atoms with Crippen molar-refractivity contribution in [2.24, 2.45) is 13.0 Å². The quantitative estimate of drug-likeness (QED) is 0.752. The summed E-state index contributed by atoms with van der Waals surface area (Å²) < 4.78 is 1.97. The van der Waals surface area contributed by atoms with E-state index in [1.807, 2.05) is 11.7 Å². The van der Waals surface area contributed by atoms with Crippen molar-refractivity contribution in [2.45, 2.75) is 59.9 Å². The van der Waals surface area contributed by atoms with E-state index in [2.05, 4.69) is 45.0 Å². The topological polar surface area (TPSA) is 29.9 Å². The summed E-state index contributed by atoms with van der Waals surface area (Å²) in [5, 5.41) is 8.09. The van der Waals surface area contributed by atoms with Gasteiger partial charge in [-0.15, -0.1) is 0 Å². The van der Waals surface area contributed by atoms with Crippen molar-refractivity contribution >= 4 is 0 Å². The van der Waals surface area contributed by atoms with Gasteiger partial charge in [-0.3, -0.25) is 4.68 Å². The van der Waals surface area contributed by atoms with Gasteiger partial charge in [0.25, 0.3) is 0 Å². The highest BCUT2D eigenvalue weighted by Crippen LogP contribution is 2.20. The lowest BCUT2D eigenvalue weighted by Gasteiger charge is -2.15. The van der Waals surface area contributed by atoms with E-state index in [-0.39, 0.29) is 0 Å². The van der Waals surface area contributed by atoms with Crippen molar-refractivity contribution in [3.05, 3.63) is 17.0 Å². The third-order valence-electron chi connectivity index (χ3n) is 3.66. The van der Waals surface area contributed by atoms with Crippen molar-refractivity contribution in [1.29, 1.82) is 0 Å². The van der Waals surface area contributed by atoms with Crippen LogP contribution in [-0.4, -0.2) is 16.3 Å². The first-order chi connectivity index (χ1) is 8.43. The number of nitrogens with zero attached hydrogens (tertiary/aromatic N) is 2. The number of unbranched alkanes of at least 4 members (excludes halogenated alkanes) is 1. The van der Waals surface area contributed by atoms with E-state index in [9.17, 15) is 0 Å². The van der Waals surface area contributed by atoms with Crippen LogP contribution >= 0.6 is 0 Å². The van der Waals surface area contributed by atoms with Crippen LogP contribution in [0.1, 0.15) is 63.0 Å². The van der Waals surface area contributed by atoms with E-state index < -0.39 is 0 Å². The highest BCUT2D eigenvalue weighted by atomic mass is 15.3. The van der Waals surface area contributed by atoms with Gasteiger partial charge in [0.1, 0.15) is 0 Å². The molecule has 0 fully saturated rings. The van der Waals surface area contributed by atoms with Crippen LogP contribution in [0, 0.1) is 19.8 Å². The number of hydrogen-bond acceptors (Lipinski definition) is 2. The lowest BCUT2D eigenvalue weighted by atomic mass is 10.0. The van der Waals surface area contributed by atoms with Crippen molar-refractivity contribution in [2.75, 3.05) is 6.54 Å². The van der Waals surface area contributed by atoms with Crippen LogP contribution in [0.4, 0.5) is 0 Å². The summed E-state index contributed by atoms with van der Waals surface area (Å²) in [4.78, 5) is 0. The second-order valence-electron chi connectivity index (χ2n) is 5.77. The minimum atomic E-state index is 0.401. The zero-order valence-electron chi connectivity index (χ0n) is 12.9. The first kappa shape index (κ1) is 15.2. The predicted molar refractivity (Wildman–Crippen MR) is 77.8 cm³/mol. The molecule has 1 N–H and O–H groups in total. The van der Waals surface area contributed by atoms with Crippen LogP contribution in [0.3, 0.4) is 0 Å². The molecule has 104 valence electrons. The standard InChI is InChI=1S/C15H29N3/c1-11(2)9-7-8-10-16-12(3)15-13(4)17-18(6)14(15)5/h11-12,16H,7-10H2,1-6H3. The van der Waals surface area contributed by atoms with Gasteiger partial charge in [0.15, 0.2) is 0 Å². The van der Waals surface area contributed by atoms with Crippen LogP contribution in [0.2, 0.25) is 0 Å². The highest BCUT2D eigenvalue weighted by molar-refractivity contribution is 5.27. The predicted octanol–water partition coefficient (Wildman–Crippen LogP) is 3.51. The summed E-state index contributed by atoms with van der Waals surface area (Å²) in [6.45, 7) is 12.2. The Balaban J connectivity index is 2.39. The van der Waals surface area contributed by atoms with Gasteiger partial charge in [-0.25, -0.2) is 0 Å². The van der Waals surface area contributed by atoms with Gasteiger partial charge in [0.05, 0.1) is 5.69 Å². The number of nitrogens with one attached hydrogen (secondary N) is 1. The molecule has 1 aromatic heterocycles. The van der Waals surface area contributed by atoms with E-state index in [4.69, 9.17) is 0 Å². The highest BCUT2D eigenvalue weighted by Gasteiger charge is 2.15. The van der Waals surface area contributed by atoms with Crippen LogP contribution in [0.5, 0.6) is 0 Å². The first-order valence-electron chi connectivity index (χ1n) is 7.17. The zero-order chi connectivity index (χ0) is 13.7. The molecule has 1 atom stereocenters. The normalized spacial score (nSPS) is 13.3. The molecule has 0 aliphatic rings. The van der Waals surface area contributed by atoms with Crippen LogP contribution in [0.25, 0.3) is 0 Å². The molecule has 0 saturated heterocycles. The van der Waals surface area contributed by atoms with Crippen LogP contribution < -0.4 is 5.32 Å². The maximum absolute atomic E-state index is 4.48. The summed E-state index contributed by atoms with van der Waals surface area (Å²) in [6, 6.07) is 0.401. The Labute approximate surface area is 112 Å². The molecule has 0 saturated carbocycles. The first-order valence-corrected chi connectivity index (χ1v) is 7.17. The summed E-state index contributed by atoms with van der Waals surface area (Å²) >= 11 is 0. The Kier molecular flexibility index (Phi) is 5.86. The average molecular weight is 251 g/mol. The molecule has 1 aromatic rings. The minimum Gasteiger partial charge on any atom is -0.310 e. The average Bonchev–Trinajstić information content (AvgIpc) is 2.52. The molecule has 0 bridgehead atoms. The lowest BCUT2D eigenvalue weighted by molar-refractivity contribution is 0.496. The van der Waals surface area contributed by atoms with Crippen molar-refractivity contribution < 1.29 is 0 Å². The maximum Gasteiger partial charge on any atom is 0.0644 e. The monoisotopic (exact) mass is 251 g/mol. The molecule has 3 nitrogen and oxygen atoms in total. The lowest BCUT2D eigenvalue weighted by Crippen LogP contribution is -2.21.